The molecule has 30 heavy (non-hydrogen) atoms. The van der Waals surface area contributed by atoms with E-state index in [0.717, 1.165) is 44.6 Å². The molecule has 9 nitrogen and oxygen atoms in total. The quantitative estimate of drug-likeness (QED) is 0.802. The van der Waals surface area contributed by atoms with Gasteiger partial charge in [0.15, 0.2) is 0 Å². The number of amides is 2. The Labute approximate surface area is 175 Å². The van der Waals surface area contributed by atoms with E-state index in [2.05, 4.69) is 25.5 Å². The minimum absolute atomic E-state index is 0.130. The molecule has 2 aliphatic heterocycles. The number of piperidine rings is 1. The maximum absolute atomic E-state index is 13.4. The number of nitrogens with one attached hydrogen (secondary N) is 1. The largest absolute Gasteiger partial charge is 0.357 e. The standard InChI is InChI=1S/C21H28N6O3/c1-15-17(25-30-24-15)14-23-20(29)21(2)8-3-4-12-27(21)19(28)16-7-9-22-18(13-16)26-10-5-6-11-26/h7,9,13H,3-6,8,10-12,14H2,1-2H3,(H,23,29)/t21-/m1/s1. The van der Waals surface area contributed by atoms with Crippen LogP contribution in [0.4, 0.5) is 5.82 Å². The number of pyridine rings is 1. The minimum Gasteiger partial charge on any atom is -0.357 e. The summed E-state index contributed by atoms with van der Waals surface area (Å²) in [5.41, 5.74) is 0.884. The van der Waals surface area contributed by atoms with Gasteiger partial charge in [0, 0.05) is 31.4 Å². The number of rotatable bonds is 5. The molecule has 0 radical (unpaired) electrons. The van der Waals surface area contributed by atoms with Gasteiger partial charge in [0.2, 0.25) is 5.91 Å². The number of nitrogens with zero attached hydrogens (tertiary/aromatic N) is 5. The van der Waals surface area contributed by atoms with Gasteiger partial charge in [0.05, 0.1) is 6.54 Å². The highest BCUT2D eigenvalue weighted by Gasteiger charge is 2.44. The Morgan fingerprint density at radius 2 is 1.93 bits per heavy atom. The lowest BCUT2D eigenvalue weighted by molar-refractivity contribution is -0.133. The predicted molar refractivity (Wildman–Crippen MR) is 110 cm³/mol. The van der Waals surface area contributed by atoms with E-state index in [0.29, 0.717) is 29.9 Å². The van der Waals surface area contributed by atoms with Crippen LogP contribution in [0, 0.1) is 6.92 Å². The number of hydrogen-bond donors (Lipinski definition) is 1. The Balaban J connectivity index is 1.52. The molecule has 2 aromatic heterocycles. The number of aryl methyl sites for hydroxylation is 1. The monoisotopic (exact) mass is 412 g/mol. The predicted octanol–water partition coefficient (Wildman–Crippen LogP) is 2.07. The maximum Gasteiger partial charge on any atom is 0.254 e. The van der Waals surface area contributed by atoms with Crippen LogP contribution in [-0.2, 0) is 11.3 Å². The molecule has 0 spiro atoms. The van der Waals surface area contributed by atoms with Crippen LogP contribution in [0.2, 0.25) is 0 Å². The number of likely N-dealkylation sites (tertiary alicyclic amines) is 1. The molecule has 1 N–H and O–H groups in total. The Hall–Kier alpha value is -2.97. The van der Waals surface area contributed by atoms with Crippen molar-refractivity contribution in [3.05, 3.63) is 35.3 Å². The third-order valence-corrected chi connectivity index (χ3v) is 6.21. The normalized spacial score (nSPS) is 21.7. The molecular weight excluding hydrogens is 384 g/mol. The molecule has 160 valence electrons. The first kappa shape index (κ1) is 20.3. The molecule has 0 bridgehead atoms. The number of aromatic nitrogens is 3. The minimum atomic E-state index is -0.919. The molecule has 2 saturated heterocycles. The van der Waals surface area contributed by atoms with Gasteiger partial charge < -0.3 is 15.1 Å². The van der Waals surface area contributed by atoms with Gasteiger partial charge in [-0.1, -0.05) is 10.3 Å². The van der Waals surface area contributed by atoms with Crippen molar-refractivity contribution in [2.45, 2.75) is 58.0 Å². The van der Waals surface area contributed by atoms with E-state index in [-0.39, 0.29) is 18.4 Å². The van der Waals surface area contributed by atoms with E-state index < -0.39 is 5.54 Å². The van der Waals surface area contributed by atoms with Crippen molar-refractivity contribution in [2.75, 3.05) is 24.5 Å². The van der Waals surface area contributed by atoms with Crippen LogP contribution in [0.1, 0.15) is 60.8 Å². The van der Waals surface area contributed by atoms with Crippen LogP contribution in [0.15, 0.2) is 23.0 Å². The molecule has 0 unspecified atom stereocenters. The van der Waals surface area contributed by atoms with Crippen LogP contribution in [-0.4, -0.2) is 57.2 Å². The summed E-state index contributed by atoms with van der Waals surface area (Å²) in [5.74, 6) is 0.511. The van der Waals surface area contributed by atoms with E-state index in [1.807, 2.05) is 13.0 Å². The summed E-state index contributed by atoms with van der Waals surface area (Å²) < 4.78 is 4.69. The molecule has 4 heterocycles. The second kappa shape index (κ2) is 8.41. The smallest absolute Gasteiger partial charge is 0.254 e. The summed E-state index contributed by atoms with van der Waals surface area (Å²) in [6.45, 7) is 6.32. The Bertz CT molecular complexity index is 923. The fourth-order valence-corrected chi connectivity index (χ4v) is 4.27. The van der Waals surface area contributed by atoms with Gasteiger partial charge in [0.1, 0.15) is 22.7 Å². The van der Waals surface area contributed by atoms with Gasteiger partial charge in [-0.25, -0.2) is 9.61 Å². The van der Waals surface area contributed by atoms with Crippen molar-refractivity contribution < 1.29 is 14.2 Å². The second-order valence-corrected chi connectivity index (χ2v) is 8.26. The summed E-state index contributed by atoms with van der Waals surface area (Å²) in [7, 11) is 0. The molecular formula is C21H28N6O3. The average molecular weight is 412 g/mol. The third kappa shape index (κ3) is 3.88. The van der Waals surface area contributed by atoms with Gasteiger partial charge in [-0.15, -0.1) is 0 Å². The molecule has 2 aromatic rings. The maximum atomic E-state index is 13.4. The molecule has 4 rings (SSSR count). The van der Waals surface area contributed by atoms with Crippen molar-refractivity contribution in [2.24, 2.45) is 0 Å². The lowest BCUT2D eigenvalue weighted by atomic mass is 9.86. The average Bonchev–Trinajstić information content (AvgIpc) is 3.44. The molecule has 9 heteroatoms. The SMILES string of the molecule is Cc1nonc1CNC(=O)[C@@]1(C)CCCCN1C(=O)c1ccnc(N2CCCC2)c1. The number of carbonyl (C=O) groups excluding carboxylic acids is 2. The van der Waals surface area contributed by atoms with Crippen molar-refractivity contribution in [3.8, 4) is 0 Å². The molecule has 2 amide bonds. The zero-order valence-electron chi connectivity index (χ0n) is 17.6. The first-order chi connectivity index (χ1) is 14.5. The van der Waals surface area contributed by atoms with Crippen LogP contribution in [0.5, 0.6) is 0 Å². The highest BCUT2D eigenvalue weighted by molar-refractivity contribution is 5.99. The van der Waals surface area contributed by atoms with Crippen molar-refractivity contribution >= 4 is 17.6 Å². The number of anilines is 1. The van der Waals surface area contributed by atoms with Crippen molar-refractivity contribution in [1.29, 1.82) is 0 Å². The molecule has 2 fully saturated rings. The molecule has 2 aliphatic rings. The van der Waals surface area contributed by atoms with E-state index in [1.165, 1.54) is 0 Å². The summed E-state index contributed by atoms with van der Waals surface area (Å²) >= 11 is 0. The number of carbonyl (C=O) groups is 2. The lowest BCUT2D eigenvalue weighted by Crippen LogP contribution is -2.60. The summed E-state index contributed by atoms with van der Waals surface area (Å²) in [6, 6.07) is 3.59. The van der Waals surface area contributed by atoms with Crippen molar-refractivity contribution in [1.82, 2.24) is 25.5 Å². The van der Waals surface area contributed by atoms with Gasteiger partial charge in [0.25, 0.3) is 5.91 Å². The first-order valence-electron chi connectivity index (χ1n) is 10.6. The summed E-state index contributed by atoms with van der Waals surface area (Å²) in [4.78, 5) is 34.9. The van der Waals surface area contributed by atoms with Gasteiger partial charge >= 0.3 is 0 Å². The highest BCUT2D eigenvalue weighted by Crippen LogP contribution is 2.30. The zero-order chi connectivity index (χ0) is 21.1. The lowest BCUT2D eigenvalue weighted by Gasteiger charge is -2.43. The Kier molecular flexibility index (Phi) is 5.69. The molecule has 1 atom stereocenters. The molecule has 0 aliphatic carbocycles. The molecule has 0 saturated carbocycles. The highest BCUT2D eigenvalue weighted by atomic mass is 16.6. The second-order valence-electron chi connectivity index (χ2n) is 8.26. The Morgan fingerprint density at radius 1 is 1.17 bits per heavy atom. The molecule has 0 aromatic carbocycles. The number of hydrogen-bond acceptors (Lipinski definition) is 7. The van der Waals surface area contributed by atoms with Crippen LogP contribution < -0.4 is 10.2 Å². The zero-order valence-corrected chi connectivity index (χ0v) is 17.6. The fourth-order valence-electron chi connectivity index (χ4n) is 4.27. The topological polar surface area (TPSA) is 104 Å². The van der Waals surface area contributed by atoms with E-state index in [4.69, 9.17) is 4.63 Å². The van der Waals surface area contributed by atoms with E-state index in [1.54, 1.807) is 24.1 Å². The van der Waals surface area contributed by atoms with Gasteiger partial charge in [-0.2, -0.15) is 0 Å². The van der Waals surface area contributed by atoms with Crippen LogP contribution in [0.3, 0.4) is 0 Å². The first-order valence-corrected chi connectivity index (χ1v) is 10.6. The van der Waals surface area contributed by atoms with E-state index >= 15 is 0 Å². The van der Waals surface area contributed by atoms with Crippen LogP contribution in [0.25, 0.3) is 0 Å². The van der Waals surface area contributed by atoms with Crippen LogP contribution >= 0.6 is 0 Å². The van der Waals surface area contributed by atoms with Gasteiger partial charge in [-0.3, -0.25) is 9.59 Å². The summed E-state index contributed by atoms with van der Waals surface area (Å²) in [5, 5.41) is 10.5. The summed E-state index contributed by atoms with van der Waals surface area (Å²) in [6.07, 6.45) is 6.36. The van der Waals surface area contributed by atoms with E-state index in [9.17, 15) is 9.59 Å². The third-order valence-electron chi connectivity index (χ3n) is 6.21. The van der Waals surface area contributed by atoms with Gasteiger partial charge in [-0.05, 0) is 58.1 Å². The fraction of sp³-hybridized carbons (Fsp3) is 0.571. The van der Waals surface area contributed by atoms with Crippen molar-refractivity contribution in [3.63, 3.8) is 0 Å². The Morgan fingerprint density at radius 3 is 2.67 bits per heavy atom.